The van der Waals surface area contributed by atoms with Gasteiger partial charge in [-0.3, -0.25) is 4.68 Å². The van der Waals surface area contributed by atoms with E-state index in [1.54, 1.807) is 6.92 Å². The van der Waals surface area contributed by atoms with Crippen LogP contribution in [0.15, 0.2) is 6.20 Å². The molecule has 0 bridgehead atoms. The molecule has 2 aromatic rings. The number of alkyl halides is 3. The Balaban J connectivity index is 1.78. The molecule has 0 saturated heterocycles. The molecule has 6 nitrogen and oxygen atoms in total. The van der Waals surface area contributed by atoms with Gasteiger partial charge in [-0.1, -0.05) is 0 Å². The molecular weight excluding hydrogens is 347 g/mol. The second kappa shape index (κ2) is 6.17. The third-order valence-corrected chi connectivity index (χ3v) is 4.69. The minimum absolute atomic E-state index is 0.453. The van der Waals surface area contributed by atoms with Crippen molar-refractivity contribution in [3.05, 3.63) is 33.0 Å². The molecule has 24 heavy (non-hydrogen) atoms. The lowest BCUT2D eigenvalue weighted by molar-refractivity contribution is -0.142. The molecule has 0 fully saturated rings. The van der Waals surface area contributed by atoms with Crippen LogP contribution in [-0.4, -0.2) is 27.3 Å². The van der Waals surface area contributed by atoms with Gasteiger partial charge < -0.3 is 9.47 Å². The van der Waals surface area contributed by atoms with Gasteiger partial charge in [0.2, 0.25) is 0 Å². The molecule has 0 amide bonds. The van der Waals surface area contributed by atoms with Crippen molar-refractivity contribution >= 4 is 17.3 Å². The Morgan fingerprint density at radius 2 is 2.25 bits per heavy atom. The molecule has 0 aromatic carbocycles. The van der Waals surface area contributed by atoms with Gasteiger partial charge in [-0.2, -0.15) is 18.3 Å². The third kappa shape index (κ3) is 3.29. The molecule has 0 saturated carbocycles. The summed E-state index contributed by atoms with van der Waals surface area (Å²) < 4.78 is 50.2. The quantitative estimate of drug-likeness (QED) is 0.787. The van der Waals surface area contributed by atoms with E-state index in [2.05, 4.69) is 10.1 Å². The fraction of sp³-hybridized carbons (Fsp3) is 0.500. The Labute approximate surface area is 139 Å². The summed E-state index contributed by atoms with van der Waals surface area (Å²) in [5, 5.41) is 3.84. The van der Waals surface area contributed by atoms with E-state index >= 15 is 0 Å². The van der Waals surface area contributed by atoms with Gasteiger partial charge >= 0.3 is 12.1 Å². The average molecular weight is 361 g/mol. The van der Waals surface area contributed by atoms with E-state index in [9.17, 15) is 18.0 Å². The molecule has 3 rings (SSSR count). The molecule has 1 unspecified atom stereocenters. The molecule has 1 atom stereocenters. The van der Waals surface area contributed by atoms with Crippen molar-refractivity contribution in [1.82, 2.24) is 14.8 Å². The predicted octanol–water partition coefficient (Wildman–Crippen LogP) is 2.89. The van der Waals surface area contributed by atoms with E-state index < -0.39 is 29.5 Å². The zero-order valence-corrected chi connectivity index (χ0v) is 13.7. The van der Waals surface area contributed by atoms with E-state index in [4.69, 9.17) is 9.47 Å². The van der Waals surface area contributed by atoms with Crippen LogP contribution in [0.2, 0.25) is 0 Å². The standard InChI is InChI=1S/C14H14F3N3O3S/c1-7(12-18-9-3-4-22-6-10(9)24-12)23-13(21)8-5-20(2)19-11(8)14(15,16)17/h5,7H,3-4,6H2,1-2H3. The summed E-state index contributed by atoms with van der Waals surface area (Å²) >= 11 is 1.34. The summed E-state index contributed by atoms with van der Waals surface area (Å²) in [5.41, 5.74) is -0.975. The second-order valence-corrected chi connectivity index (χ2v) is 6.45. The normalized spacial score (nSPS) is 15.9. The first-order valence-corrected chi connectivity index (χ1v) is 7.95. The predicted molar refractivity (Wildman–Crippen MR) is 77.5 cm³/mol. The van der Waals surface area contributed by atoms with Crippen molar-refractivity contribution in [3.8, 4) is 0 Å². The molecule has 1 aliphatic rings. The number of ether oxygens (including phenoxy) is 2. The lowest BCUT2D eigenvalue weighted by Gasteiger charge is -2.11. The van der Waals surface area contributed by atoms with Gasteiger partial charge in [-0.05, 0) is 6.92 Å². The van der Waals surface area contributed by atoms with Gasteiger partial charge in [0.05, 0.1) is 23.8 Å². The van der Waals surface area contributed by atoms with Crippen LogP contribution in [0, 0.1) is 0 Å². The second-order valence-electron chi connectivity index (χ2n) is 5.33. The van der Waals surface area contributed by atoms with Gasteiger partial charge in [0.15, 0.2) is 11.8 Å². The third-order valence-electron chi connectivity index (χ3n) is 3.46. The molecule has 10 heteroatoms. The fourth-order valence-corrected chi connectivity index (χ4v) is 3.37. The number of hydrogen-bond acceptors (Lipinski definition) is 6. The number of aryl methyl sites for hydroxylation is 1. The minimum atomic E-state index is -4.73. The Bertz CT molecular complexity index is 746. The topological polar surface area (TPSA) is 66.2 Å². The number of fused-ring (bicyclic) bond motifs is 1. The highest BCUT2D eigenvalue weighted by Gasteiger charge is 2.40. The Morgan fingerprint density at radius 1 is 1.50 bits per heavy atom. The highest BCUT2D eigenvalue weighted by molar-refractivity contribution is 7.11. The number of aromatic nitrogens is 3. The van der Waals surface area contributed by atoms with E-state index in [0.29, 0.717) is 24.6 Å². The van der Waals surface area contributed by atoms with E-state index in [0.717, 1.165) is 21.4 Å². The minimum Gasteiger partial charge on any atom is -0.452 e. The molecule has 2 aromatic heterocycles. The summed E-state index contributed by atoms with van der Waals surface area (Å²) in [6.45, 7) is 2.61. The first-order valence-electron chi connectivity index (χ1n) is 7.13. The number of thiazole rings is 1. The molecule has 0 spiro atoms. The maximum absolute atomic E-state index is 12.9. The Morgan fingerprint density at radius 3 is 2.92 bits per heavy atom. The van der Waals surface area contributed by atoms with Crippen LogP contribution in [0.1, 0.15) is 44.7 Å². The van der Waals surface area contributed by atoms with Crippen LogP contribution in [0.25, 0.3) is 0 Å². The van der Waals surface area contributed by atoms with Gasteiger partial charge in [0.1, 0.15) is 10.6 Å². The Hall–Kier alpha value is -1.94. The maximum atomic E-state index is 12.9. The molecule has 3 heterocycles. The van der Waals surface area contributed by atoms with Crippen LogP contribution in [-0.2, 0) is 35.7 Å². The molecule has 0 N–H and O–H groups in total. The van der Waals surface area contributed by atoms with E-state index in [1.165, 1.54) is 18.4 Å². The number of esters is 1. The molecule has 130 valence electrons. The number of nitrogens with zero attached hydrogens (tertiary/aromatic N) is 3. The number of carbonyl (C=O) groups is 1. The van der Waals surface area contributed by atoms with Crippen molar-refractivity contribution < 1.29 is 27.4 Å². The number of carbonyl (C=O) groups excluding carboxylic acids is 1. The zero-order valence-electron chi connectivity index (χ0n) is 12.9. The number of rotatable bonds is 3. The van der Waals surface area contributed by atoms with Crippen LogP contribution in [0.3, 0.4) is 0 Å². The molecular formula is C14H14F3N3O3S. The maximum Gasteiger partial charge on any atom is 0.436 e. The summed E-state index contributed by atoms with van der Waals surface area (Å²) in [7, 11) is 1.31. The van der Waals surface area contributed by atoms with Crippen molar-refractivity contribution in [2.75, 3.05) is 6.61 Å². The summed E-state index contributed by atoms with van der Waals surface area (Å²) in [6, 6.07) is 0. The zero-order chi connectivity index (χ0) is 17.5. The first kappa shape index (κ1) is 16.9. The van der Waals surface area contributed by atoms with Gasteiger partial charge in [-0.25, -0.2) is 9.78 Å². The van der Waals surface area contributed by atoms with Gasteiger partial charge in [0.25, 0.3) is 0 Å². The average Bonchev–Trinajstić information content (AvgIpc) is 3.09. The smallest absolute Gasteiger partial charge is 0.436 e. The SMILES string of the molecule is CC(OC(=O)c1cn(C)nc1C(F)(F)F)c1nc2c(s1)COCC2. The first-order chi connectivity index (χ1) is 11.3. The molecule has 0 aliphatic carbocycles. The van der Waals surface area contributed by atoms with Crippen LogP contribution >= 0.6 is 11.3 Å². The lowest BCUT2D eigenvalue weighted by atomic mass is 10.2. The number of hydrogen-bond donors (Lipinski definition) is 0. The van der Waals surface area contributed by atoms with Crippen molar-refractivity contribution in [2.45, 2.75) is 32.2 Å². The number of halogens is 3. The van der Waals surface area contributed by atoms with Crippen LogP contribution < -0.4 is 0 Å². The van der Waals surface area contributed by atoms with Gasteiger partial charge in [-0.15, -0.1) is 11.3 Å². The van der Waals surface area contributed by atoms with E-state index in [1.807, 2.05) is 0 Å². The van der Waals surface area contributed by atoms with Crippen LogP contribution in [0.5, 0.6) is 0 Å². The monoisotopic (exact) mass is 361 g/mol. The summed E-state index contributed by atoms with van der Waals surface area (Å²) in [4.78, 5) is 17.5. The highest BCUT2D eigenvalue weighted by atomic mass is 32.1. The molecule has 1 aliphatic heterocycles. The largest absolute Gasteiger partial charge is 0.452 e. The van der Waals surface area contributed by atoms with E-state index in [-0.39, 0.29) is 0 Å². The van der Waals surface area contributed by atoms with Gasteiger partial charge in [0, 0.05) is 19.7 Å². The van der Waals surface area contributed by atoms with Crippen molar-refractivity contribution in [1.29, 1.82) is 0 Å². The lowest BCUT2D eigenvalue weighted by Crippen LogP contribution is -2.15. The van der Waals surface area contributed by atoms with Crippen molar-refractivity contribution in [2.24, 2.45) is 7.05 Å². The molecule has 0 radical (unpaired) electrons. The summed E-state index contributed by atoms with van der Waals surface area (Å²) in [6.07, 6.45) is -3.81. The fourth-order valence-electron chi connectivity index (χ4n) is 2.34. The highest BCUT2D eigenvalue weighted by Crippen LogP contribution is 2.33. The summed E-state index contributed by atoms with van der Waals surface area (Å²) in [5.74, 6) is -1.08. The Kier molecular flexibility index (Phi) is 4.35. The van der Waals surface area contributed by atoms with Crippen molar-refractivity contribution in [3.63, 3.8) is 0 Å². The van der Waals surface area contributed by atoms with Crippen LogP contribution in [0.4, 0.5) is 13.2 Å².